The van der Waals surface area contributed by atoms with Crippen LogP contribution >= 0.6 is 25.1 Å². The number of carbonyl (C=O) groups excluding carboxylic acids is 1. The molecule has 1 aromatic carbocycles. The first-order chi connectivity index (χ1) is 14.4. The molecule has 1 atom stereocenters. The summed E-state index contributed by atoms with van der Waals surface area (Å²) in [6.07, 6.45) is 2.12. The Balaban J connectivity index is 0.00000363. The van der Waals surface area contributed by atoms with Crippen LogP contribution in [-0.2, 0) is 9.84 Å². The van der Waals surface area contributed by atoms with Crippen molar-refractivity contribution in [3.05, 3.63) is 65.1 Å². The minimum atomic E-state index is -5.70. The van der Waals surface area contributed by atoms with E-state index < -0.39 is 43.6 Å². The minimum absolute atomic E-state index is 0. The highest BCUT2D eigenvalue weighted by molar-refractivity contribution is 7.92. The molecule has 0 aliphatic carbocycles. The molecule has 0 saturated heterocycles. The van der Waals surface area contributed by atoms with E-state index in [2.05, 4.69) is 20.4 Å². The van der Waals surface area contributed by atoms with E-state index >= 15 is 0 Å². The zero-order valence-corrected chi connectivity index (χ0v) is 18.5. The summed E-state index contributed by atoms with van der Waals surface area (Å²) >= 11 is 5.73. The van der Waals surface area contributed by atoms with Gasteiger partial charge < -0.3 is 5.32 Å². The summed E-state index contributed by atoms with van der Waals surface area (Å²) in [7, 11) is -5.70. The maximum Gasteiger partial charge on any atom is 0.501 e. The third-order valence-corrected chi connectivity index (χ3v) is 5.67. The fourth-order valence-corrected chi connectivity index (χ4v) is 3.67. The highest BCUT2D eigenvalue weighted by Gasteiger charge is 2.47. The number of hydrogen-bond acceptors (Lipinski definition) is 6. The number of nitrogens with one attached hydrogen (secondary N) is 1. The van der Waals surface area contributed by atoms with E-state index in [4.69, 9.17) is 11.6 Å². The Bertz CT molecular complexity index is 1230. The molecule has 8 nitrogen and oxygen atoms in total. The molecule has 32 heavy (non-hydrogen) atoms. The SMILES string of the molecule is C[C@@H](NC(=O)c1cc(Cl)cc(S(=O)(=O)C(F)(F)F)c1)c1ncnn1-c1ccc(F)cn1.S. The number of benzene rings is 1. The van der Waals surface area contributed by atoms with Crippen molar-refractivity contribution in [1.29, 1.82) is 0 Å². The Morgan fingerprint density at radius 3 is 2.47 bits per heavy atom. The number of amides is 1. The standard InChI is InChI=1S/C17H12ClF4N5O3S.H2S/c1-9(15-24-8-25-27(15)14-3-2-12(19)7-23-14)26-16(28)10-4-11(18)6-13(5-10)31(29,30)17(20,21)22;/h2-9H,1H3,(H,26,28);1H2/t9-;/m1./s1. The molecule has 15 heteroatoms. The predicted octanol–water partition coefficient (Wildman–Crippen LogP) is 3.35. The summed E-state index contributed by atoms with van der Waals surface area (Å²) in [4.78, 5) is 19.2. The Morgan fingerprint density at radius 1 is 1.19 bits per heavy atom. The molecule has 2 aromatic heterocycles. The van der Waals surface area contributed by atoms with Gasteiger partial charge in [-0.2, -0.15) is 36.4 Å². The second-order valence-electron chi connectivity index (χ2n) is 6.18. The van der Waals surface area contributed by atoms with E-state index in [0.717, 1.165) is 24.7 Å². The lowest BCUT2D eigenvalue weighted by Crippen LogP contribution is -2.29. The van der Waals surface area contributed by atoms with Crippen LogP contribution in [0.1, 0.15) is 29.1 Å². The van der Waals surface area contributed by atoms with E-state index in [1.807, 2.05) is 0 Å². The van der Waals surface area contributed by atoms with Gasteiger partial charge in [0.1, 0.15) is 12.1 Å². The van der Waals surface area contributed by atoms with Crippen LogP contribution in [0.2, 0.25) is 5.02 Å². The van der Waals surface area contributed by atoms with Gasteiger partial charge in [0.05, 0.1) is 17.1 Å². The molecule has 3 rings (SSSR count). The van der Waals surface area contributed by atoms with Gasteiger partial charge in [0.25, 0.3) is 15.7 Å². The van der Waals surface area contributed by atoms with E-state index in [-0.39, 0.29) is 30.2 Å². The maximum atomic E-state index is 13.1. The van der Waals surface area contributed by atoms with Crippen LogP contribution in [0.3, 0.4) is 0 Å². The number of aromatic nitrogens is 4. The van der Waals surface area contributed by atoms with Crippen LogP contribution in [0.5, 0.6) is 0 Å². The molecule has 0 bridgehead atoms. The van der Waals surface area contributed by atoms with Crippen molar-refractivity contribution >= 4 is 40.8 Å². The minimum Gasteiger partial charge on any atom is -0.342 e. The second kappa shape index (κ2) is 9.42. The van der Waals surface area contributed by atoms with Crippen molar-refractivity contribution < 1.29 is 30.8 Å². The third-order valence-electron chi connectivity index (χ3n) is 3.99. The van der Waals surface area contributed by atoms with Crippen LogP contribution < -0.4 is 5.32 Å². The van der Waals surface area contributed by atoms with Crippen LogP contribution in [0.25, 0.3) is 5.82 Å². The lowest BCUT2D eigenvalue weighted by atomic mass is 10.2. The summed E-state index contributed by atoms with van der Waals surface area (Å²) < 4.78 is 76.1. The Morgan fingerprint density at radius 2 is 1.88 bits per heavy atom. The van der Waals surface area contributed by atoms with Gasteiger partial charge in [-0.25, -0.2) is 22.8 Å². The number of alkyl halides is 3. The van der Waals surface area contributed by atoms with Gasteiger partial charge in [-0.1, -0.05) is 11.6 Å². The normalized spacial score (nSPS) is 12.7. The highest BCUT2D eigenvalue weighted by Crippen LogP contribution is 2.32. The first-order valence-electron chi connectivity index (χ1n) is 8.35. The largest absolute Gasteiger partial charge is 0.501 e. The van der Waals surface area contributed by atoms with Gasteiger partial charge in [0, 0.05) is 10.6 Å². The van der Waals surface area contributed by atoms with Gasteiger partial charge in [0.15, 0.2) is 11.6 Å². The fourth-order valence-electron chi connectivity index (χ4n) is 2.54. The molecule has 2 heterocycles. The summed E-state index contributed by atoms with van der Waals surface area (Å²) in [6, 6.07) is 3.82. The highest BCUT2D eigenvalue weighted by atomic mass is 35.5. The Labute approximate surface area is 191 Å². The Kier molecular flexibility index (Phi) is 7.52. The number of nitrogens with zero attached hydrogens (tertiary/aromatic N) is 4. The quantitative estimate of drug-likeness (QED) is 0.526. The molecule has 1 N–H and O–H groups in total. The van der Waals surface area contributed by atoms with Crippen molar-refractivity contribution in [2.45, 2.75) is 23.4 Å². The predicted molar refractivity (Wildman–Crippen MR) is 110 cm³/mol. The summed E-state index contributed by atoms with van der Waals surface area (Å²) in [5.74, 6) is -1.10. The average Bonchev–Trinajstić information content (AvgIpc) is 3.17. The fraction of sp³-hybridized carbons (Fsp3) is 0.176. The van der Waals surface area contributed by atoms with Crippen molar-refractivity contribution in [2.24, 2.45) is 0 Å². The first-order valence-corrected chi connectivity index (χ1v) is 10.2. The van der Waals surface area contributed by atoms with E-state index in [1.54, 1.807) is 0 Å². The van der Waals surface area contributed by atoms with Crippen molar-refractivity contribution in [2.75, 3.05) is 0 Å². The maximum absolute atomic E-state index is 13.1. The number of hydrogen-bond donors (Lipinski definition) is 1. The van der Waals surface area contributed by atoms with Gasteiger partial charge in [0.2, 0.25) is 0 Å². The van der Waals surface area contributed by atoms with E-state index in [1.165, 1.54) is 17.7 Å². The van der Waals surface area contributed by atoms with Gasteiger partial charge in [-0.05, 0) is 37.3 Å². The summed E-state index contributed by atoms with van der Waals surface area (Å²) in [5.41, 5.74) is -5.97. The lowest BCUT2D eigenvalue weighted by Gasteiger charge is -2.15. The van der Waals surface area contributed by atoms with Crippen LogP contribution in [0.15, 0.2) is 47.8 Å². The van der Waals surface area contributed by atoms with E-state index in [9.17, 15) is 30.8 Å². The number of halogens is 5. The number of rotatable bonds is 5. The zero-order valence-electron chi connectivity index (χ0n) is 15.9. The molecule has 172 valence electrons. The third kappa shape index (κ3) is 5.19. The first kappa shape index (κ1) is 25.5. The van der Waals surface area contributed by atoms with Gasteiger partial charge >= 0.3 is 5.51 Å². The van der Waals surface area contributed by atoms with E-state index in [0.29, 0.717) is 12.1 Å². The average molecular weight is 512 g/mol. The second-order valence-corrected chi connectivity index (χ2v) is 8.56. The number of sulfone groups is 1. The molecular weight excluding hydrogens is 498 g/mol. The van der Waals surface area contributed by atoms with Crippen LogP contribution in [-0.4, -0.2) is 39.6 Å². The van der Waals surface area contributed by atoms with Gasteiger partial charge in [-0.15, -0.1) is 0 Å². The molecule has 0 aliphatic rings. The van der Waals surface area contributed by atoms with Crippen LogP contribution in [0.4, 0.5) is 17.6 Å². The monoisotopic (exact) mass is 511 g/mol. The number of pyridine rings is 1. The molecule has 0 unspecified atom stereocenters. The molecule has 0 radical (unpaired) electrons. The number of carbonyl (C=O) groups is 1. The van der Waals surface area contributed by atoms with Crippen molar-refractivity contribution in [3.8, 4) is 5.82 Å². The van der Waals surface area contributed by atoms with Gasteiger partial charge in [-0.3, -0.25) is 4.79 Å². The van der Waals surface area contributed by atoms with Crippen molar-refractivity contribution in [3.63, 3.8) is 0 Å². The molecule has 3 aromatic rings. The summed E-state index contributed by atoms with van der Waals surface area (Å²) in [5, 5.41) is 6.04. The Hall–Kier alpha value is -2.71. The molecular formula is C17H14ClF4N5O3S2. The molecule has 0 spiro atoms. The smallest absolute Gasteiger partial charge is 0.342 e. The zero-order chi connectivity index (χ0) is 23.0. The summed E-state index contributed by atoms with van der Waals surface area (Å²) in [6.45, 7) is 1.50. The lowest BCUT2D eigenvalue weighted by molar-refractivity contribution is -0.0436. The van der Waals surface area contributed by atoms with Crippen LogP contribution in [0, 0.1) is 5.82 Å². The molecule has 0 saturated carbocycles. The molecule has 1 amide bonds. The molecule has 0 fully saturated rings. The molecule has 0 aliphatic heterocycles. The van der Waals surface area contributed by atoms with Crippen molar-refractivity contribution in [1.82, 2.24) is 25.1 Å². The topological polar surface area (TPSA) is 107 Å².